The van der Waals surface area contributed by atoms with E-state index in [0.717, 1.165) is 12.0 Å². The van der Waals surface area contributed by atoms with Gasteiger partial charge in [-0.3, -0.25) is 4.79 Å². The molecule has 0 aromatic heterocycles. The first kappa shape index (κ1) is 13.4. The van der Waals surface area contributed by atoms with Gasteiger partial charge < -0.3 is 16.2 Å². The molecule has 0 saturated heterocycles. The van der Waals surface area contributed by atoms with Gasteiger partial charge in [-0.1, -0.05) is 6.92 Å². The minimum absolute atomic E-state index is 0.0132. The van der Waals surface area contributed by atoms with Crippen molar-refractivity contribution in [2.45, 2.75) is 25.8 Å². The monoisotopic (exact) mass is 240 g/mol. The number of carbonyl (C=O) groups is 1. The highest BCUT2D eigenvalue weighted by Crippen LogP contribution is 2.17. The lowest BCUT2D eigenvalue weighted by atomic mass is 10.0. The van der Waals surface area contributed by atoms with Crippen LogP contribution in [-0.4, -0.2) is 18.6 Å². The Hall–Kier alpha value is -1.62. The molecule has 0 aliphatic rings. The molecule has 0 spiro atoms. The molecule has 94 valence electrons. The van der Waals surface area contributed by atoms with Gasteiger partial charge in [-0.25, -0.2) is 4.39 Å². The molecule has 1 aromatic carbocycles. The molecule has 0 aliphatic carbocycles. The zero-order valence-electron chi connectivity index (χ0n) is 9.78. The first-order chi connectivity index (χ1) is 8.01. The molecule has 0 fully saturated rings. The largest absolute Gasteiger partial charge is 0.484 e. The molecule has 1 unspecified atom stereocenters. The molecule has 0 radical (unpaired) electrons. The number of hydrogen-bond donors (Lipinski definition) is 2. The van der Waals surface area contributed by atoms with Crippen LogP contribution in [0.3, 0.4) is 0 Å². The van der Waals surface area contributed by atoms with Gasteiger partial charge in [0.25, 0.3) is 5.91 Å². The molecule has 5 heteroatoms. The minimum Gasteiger partial charge on any atom is -0.484 e. The number of carbonyl (C=O) groups excluding carboxylic acids is 1. The van der Waals surface area contributed by atoms with Crippen molar-refractivity contribution in [1.82, 2.24) is 0 Å². The zero-order chi connectivity index (χ0) is 12.8. The standard InChI is InChI=1S/C12H17FN2O2/c1-2-10(14)4-8-3-9(13)6-11(5-8)17-7-12(15)16/h3,5-6,10H,2,4,7,14H2,1H3,(H2,15,16). The van der Waals surface area contributed by atoms with Crippen molar-refractivity contribution < 1.29 is 13.9 Å². The van der Waals surface area contributed by atoms with Crippen LogP contribution in [-0.2, 0) is 11.2 Å². The summed E-state index contributed by atoms with van der Waals surface area (Å²) in [6.45, 7) is 1.71. The van der Waals surface area contributed by atoms with Gasteiger partial charge in [0.15, 0.2) is 6.61 Å². The van der Waals surface area contributed by atoms with Gasteiger partial charge in [-0.15, -0.1) is 0 Å². The first-order valence-electron chi connectivity index (χ1n) is 5.47. The molecule has 17 heavy (non-hydrogen) atoms. The smallest absolute Gasteiger partial charge is 0.255 e. The van der Waals surface area contributed by atoms with Crippen LogP contribution < -0.4 is 16.2 Å². The Labute approximate surface area is 99.7 Å². The van der Waals surface area contributed by atoms with Crippen molar-refractivity contribution in [3.8, 4) is 5.75 Å². The number of rotatable bonds is 6. The fourth-order valence-corrected chi connectivity index (χ4v) is 1.42. The maximum Gasteiger partial charge on any atom is 0.255 e. The van der Waals surface area contributed by atoms with E-state index >= 15 is 0 Å². The van der Waals surface area contributed by atoms with Crippen LogP contribution in [0.15, 0.2) is 18.2 Å². The summed E-state index contributed by atoms with van der Waals surface area (Å²) in [6.07, 6.45) is 1.38. The van der Waals surface area contributed by atoms with E-state index in [-0.39, 0.29) is 12.6 Å². The number of halogens is 1. The maximum absolute atomic E-state index is 13.3. The lowest BCUT2D eigenvalue weighted by Crippen LogP contribution is -2.22. The zero-order valence-corrected chi connectivity index (χ0v) is 9.78. The van der Waals surface area contributed by atoms with Crippen LogP contribution in [0.25, 0.3) is 0 Å². The van der Waals surface area contributed by atoms with Gasteiger partial charge in [0.05, 0.1) is 0 Å². The van der Waals surface area contributed by atoms with E-state index in [1.807, 2.05) is 6.92 Å². The Morgan fingerprint density at radius 2 is 2.18 bits per heavy atom. The van der Waals surface area contributed by atoms with Crippen LogP contribution in [0.5, 0.6) is 5.75 Å². The number of hydrogen-bond acceptors (Lipinski definition) is 3. The quantitative estimate of drug-likeness (QED) is 0.777. The summed E-state index contributed by atoms with van der Waals surface area (Å²) in [5, 5.41) is 0. The Balaban J connectivity index is 2.75. The Morgan fingerprint density at radius 1 is 1.47 bits per heavy atom. The molecule has 1 amide bonds. The maximum atomic E-state index is 13.3. The normalized spacial score (nSPS) is 12.2. The molecule has 1 rings (SSSR count). The first-order valence-corrected chi connectivity index (χ1v) is 5.47. The van der Waals surface area contributed by atoms with Gasteiger partial charge in [0.1, 0.15) is 11.6 Å². The van der Waals surface area contributed by atoms with Gasteiger partial charge in [-0.2, -0.15) is 0 Å². The average Bonchev–Trinajstić information content (AvgIpc) is 2.25. The number of primary amides is 1. The molecular formula is C12H17FN2O2. The molecule has 0 heterocycles. The fourth-order valence-electron chi connectivity index (χ4n) is 1.42. The molecule has 0 saturated carbocycles. The van der Waals surface area contributed by atoms with Gasteiger partial charge in [0, 0.05) is 12.1 Å². The Bertz CT molecular complexity index is 396. The third kappa shape index (κ3) is 4.82. The van der Waals surface area contributed by atoms with Crippen LogP contribution in [0.1, 0.15) is 18.9 Å². The molecule has 4 nitrogen and oxygen atoms in total. The lowest BCUT2D eigenvalue weighted by molar-refractivity contribution is -0.119. The fraction of sp³-hybridized carbons (Fsp3) is 0.417. The van der Waals surface area contributed by atoms with Crippen molar-refractivity contribution in [1.29, 1.82) is 0 Å². The van der Waals surface area contributed by atoms with Gasteiger partial charge in [-0.05, 0) is 30.5 Å². The summed E-state index contributed by atoms with van der Waals surface area (Å²) in [5.74, 6) is -0.714. The third-order valence-electron chi connectivity index (χ3n) is 2.33. The van der Waals surface area contributed by atoms with E-state index in [9.17, 15) is 9.18 Å². The van der Waals surface area contributed by atoms with Crippen LogP contribution in [0.2, 0.25) is 0 Å². The highest BCUT2D eigenvalue weighted by atomic mass is 19.1. The second-order valence-electron chi connectivity index (χ2n) is 3.92. The summed E-state index contributed by atoms with van der Waals surface area (Å²) in [4.78, 5) is 10.6. The Morgan fingerprint density at radius 3 is 2.76 bits per heavy atom. The summed E-state index contributed by atoms with van der Waals surface area (Å²) in [6, 6.07) is 4.28. The molecule has 1 atom stereocenters. The van der Waals surface area contributed by atoms with E-state index in [1.165, 1.54) is 12.1 Å². The van der Waals surface area contributed by atoms with E-state index in [1.54, 1.807) is 6.07 Å². The topological polar surface area (TPSA) is 78.3 Å². The molecule has 4 N–H and O–H groups in total. The highest BCUT2D eigenvalue weighted by molar-refractivity contribution is 5.75. The van der Waals surface area contributed by atoms with E-state index in [0.29, 0.717) is 12.2 Å². The molecular weight excluding hydrogens is 223 g/mol. The van der Waals surface area contributed by atoms with E-state index in [4.69, 9.17) is 16.2 Å². The number of nitrogens with two attached hydrogens (primary N) is 2. The van der Waals surface area contributed by atoms with Crippen molar-refractivity contribution in [2.75, 3.05) is 6.61 Å². The summed E-state index contributed by atoms with van der Waals surface area (Å²) in [5.41, 5.74) is 11.5. The molecule has 0 aliphatic heterocycles. The summed E-state index contributed by atoms with van der Waals surface area (Å²) >= 11 is 0. The van der Waals surface area contributed by atoms with E-state index < -0.39 is 11.7 Å². The van der Waals surface area contributed by atoms with Crippen molar-refractivity contribution >= 4 is 5.91 Å². The second-order valence-corrected chi connectivity index (χ2v) is 3.92. The third-order valence-corrected chi connectivity index (χ3v) is 2.33. The van der Waals surface area contributed by atoms with Gasteiger partial charge in [0.2, 0.25) is 0 Å². The van der Waals surface area contributed by atoms with Crippen molar-refractivity contribution in [3.05, 3.63) is 29.6 Å². The van der Waals surface area contributed by atoms with Crippen LogP contribution >= 0.6 is 0 Å². The molecule has 1 aromatic rings. The highest BCUT2D eigenvalue weighted by Gasteiger charge is 2.06. The van der Waals surface area contributed by atoms with E-state index in [2.05, 4.69) is 0 Å². The Kier molecular flexibility index (Phi) is 4.90. The van der Waals surface area contributed by atoms with Crippen LogP contribution in [0.4, 0.5) is 4.39 Å². The van der Waals surface area contributed by atoms with Crippen LogP contribution in [0, 0.1) is 5.82 Å². The van der Waals surface area contributed by atoms with Gasteiger partial charge >= 0.3 is 0 Å². The summed E-state index contributed by atoms with van der Waals surface area (Å²) < 4.78 is 18.3. The lowest BCUT2D eigenvalue weighted by Gasteiger charge is -2.11. The predicted molar refractivity (Wildman–Crippen MR) is 63.1 cm³/mol. The number of ether oxygens (including phenoxy) is 1. The number of amides is 1. The van der Waals surface area contributed by atoms with Crippen molar-refractivity contribution in [3.63, 3.8) is 0 Å². The average molecular weight is 240 g/mol. The number of benzene rings is 1. The minimum atomic E-state index is -0.596. The van der Waals surface area contributed by atoms with Crippen molar-refractivity contribution in [2.24, 2.45) is 11.5 Å². The SMILES string of the molecule is CCC(N)Cc1cc(F)cc(OCC(N)=O)c1. The second kappa shape index (κ2) is 6.20. The molecule has 0 bridgehead atoms. The predicted octanol–water partition coefficient (Wildman–Crippen LogP) is 0.970. The summed E-state index contributed by atoms with van der Waals surface area (Å²) in [7, 11) is 0.